The molecule has 0 fully saturated rings. The molecule has 3 aromatic rings. The Labute approximate surface area is 173 Å². The summed E-state index contributed by atoms with van der Waals surface area (Å²) in [6, 6.07) is 10.7. The van der Waals surface area contributed by atoms with Gasteiger partial charge in [0.1, 0.15) is 35.6 Å². The molecule has 0 atom stereocenters. The lowest BCUT2D eigenvalue weighted by atomic mass is 10.0. The number of nitrogens with zero attached hydrogens (tertiary/aromatic N) is 3. The van der Waals surface area contributed by atoms with Gasteiger partial charge in [0.2, 0.25) is 5.88 Å². The Kier molecular flexibility index (Phi) is 5.31. The average Bonchev–Trinajstić information content (AvgIpc) is 3.07. The first kappa shape index (κ1) is 20.5. The second-order valence-corrected chi connectivity index (χ2v) is 7.72. The van der Waals surface area contributed by atoms with Crippen LogP contribution in [0.2, 0.25) is 0 Å². The fourth-order valence-corrected chi connectivity index (χ4v) is 3.70. The molecule has 0 spiro atoms. The monoisotopic (exact) mass is 414 g/mol. The van der Waals surface area contributed by atoms with Crippen LogP contribution in [0.1, 0.15) is 25.2 Å². The number of hydroxylamine groups is 2. The molecule has 0 amide bonds. The van der Waals surface area contributed by atoms with Crippen molar-refractivity contribution in [1.29, 1.82) is 0 Å². The SMILES string of the molecule is Cc1cc(Oc2c(-c3ccc(F)cc3)nc3n2CCN(OCN)C3(C)C)ccc1F. The van der Waals surface area contributed by atoms with E-state index in [0.29, 0.717) is 41.5 Å². The van der Waals surface area contributed by atoms with Gasteiger partial charge in [-0.05, 0) is 68.8 Å². The fourth-order valence-electron chi connectivity index (χ4n) is 3.70. The zero-order chi connectivity index (χ0) is 21.5. The summed E-state index contributed by atoms with van der Waals surface area (Å²) in [4.78, 5) is 10.4. The highest BCUT2D eigenvalue weighted by molar-refractivity contribution is 5.66. The molecule has 0 unspecified atom stereocenters. The van der Waals surface area contributed by atoms with Crippen LogP contribution in [0.4, 0.5) is 8.78 Å². The van der Waals surface area contributed by atoms with Crippen LogP contribution < -0.4 is 10.5 Å². The molecule has 8 heteroatoms. The normalized spacial score (nSPS) is 15.8. The average molecular weight is 414 g/mol. The van der Waals surface area contributed by atoms with E-state index in [1.165, 1.54) is 18.2 Å². The number of halogens is 2. The van der Waals surface area contributed by atoms with Gasteiger partial charge < -0.3 is 10.5 Å². The Morgan fingerprint density at radius 2 is 1.83 bits per heavy atom. The third kappa shape index (κ3) is 3.58. The van der Waals surface area contributed by atoms with Gasteiger partial charge in [0.15, 0.2) is 0 Å². The lowest BCUT2D eigenvalue weighted by Gasteiger charge is -2.40. The first-order valence-corrected chi connectivity index (χ1v) is 9.73. The highest BCUT2D eigenvalue weighted by Crippen LogP contribution is 2.41. The fraction of sp³-hybridized carbons (Fsp3) is 0.318. The molecular formula is C22H24F2N4O2. The maximum absolute atomic E-state index is 13.7. The second-order valence-electron chi connectivity index (χ2n) is 7.72. The number of imidazole rings is 1. The molecule has 2 aromatic carbocycles. The maximum atomic E-state index is 13.7. The largest absolute Gasteiger partial charge is 0.438 e. The van der Waals surface area contributed by atoms with Gasteiger partial charge in [-0.3, -0.25) is 9.40 Å². The van der Waals surface area contributed by atoms with Gasteiger partial charge >= 0.3 is 0 Å². The van der Waals surface area contributed by atoms with Gasteiger partial charge in [0.05, 0.1) is 5.54 Å². The summed E-state index contributed by atoms with van der Waals surface area (Å²) in [5.41, 5.74) is 6.79. The van der Waals surface area contributed by atoms with Crippen molar-refractivity contribution in [2.75, 3.05) is 13.3 Å². The van der Waals surface area contributed by atoms with Crippen LogP contribution in [0.3, 0.4) is 0 Å². The van der Waals surface area contributed by atoms with E-state index in [1.54, 1.807) is 36.3 Å². The Morgan fingerprint density at radius 3 is 2.50 bits per heavy atom. The first-order chi connectivity index (χ1) is 14.3. The Balaban J connectivity index is 1.84. The molecule has 0 saturated carbocycles. The van der Waals surface area contributed by atoms with Crippen molar-refractivity contribution >= 4 is 0 Å². The number of hydrogen-bond acceptors (Lipinski definition) is 5. The van der Waals surface area contributed by atoms with E-state index in [0.717, 1.165) is 5.82 Å². The molecule has 0 saturated heterocycles. The van der Waals surface area contributed by atoms with Crippen molar-refractivity contribution in [3.05, 3.63) is 65.5 Å². The van der Waals surface area contributed by atoms with E-state index in [4.69, 9.17) is 20.3 Å². The van der Waals surface area contributed by atoms with Gasteiger partial charge in [0, 0.05) is 18.7 Å². The second kappa shape index (κ2) is 7.79. The van der Waals surface area contributed by atoms with Crippen LogP contribution in [0, 0.1) is 18.6 Å². The zero-order valence-electron chi connectivity index (χ0n) is 17.2. The smallest absolute Gasteiger partial charge is 0.228 e. The summed E-state index contributed by atoms with van der Waals surface area (Å²) in [6.07, 6.45) is 0. The lowest BCUT2D eigenvalue weighted by molar-refractivity contribution is -0.228. The quantitative estimate of drug-likeness (QED) is 0.630. The van der Waals surface area contributed by atoms with E-state index < -0.39 is 5.54 Å². The van der Waals surface area contributed by atoms with Crippen LogP contribution in [0.25, 0.3) is 11.3 Å². The summed E-state index contributed by atoms with van der Waals surface area (Å²) in [6.45, 7) is 6.85. The molecule has 0 radical (unpaired) electrons. The van der Waals surface area contributed by atoms with Crippen LogP contribution in [-0.2, 0) is 16.9 Å². The maximum Gasteiger partial charge on any atom is 0.228 e. The number of rotatable bonds is 5. The van der Waals surface area contributed by atoms with Gasteiger partial charge in [0.25, 0.3) is 0 Å². The molecule has 1 aromatic heterocycles. The van der Waals surface area contributed by atoms with E-state index in [1.807, 2.05) is 18.4 Å². The summed E-state index contributed by atoms with van der Waals surface area (Å²) < 4.78 is 35.4. The van der Waals surface area contributed by atoms with Crippen LogP contribution >= 0.6 is 0 Å². The van der Waals surface area contributed by atoms with Crippen molar-refractivity contribution in [3.63, 3.8) is 0 Å². The summed E-state index contributed by atoms with van der Waals surface area (Å²) >= 11 is 0. The molecule has 4 rings (SSSR count). The molecule has 1 aliphatic rings. The minimum Gasteiger partial charge on any atom is -0.438 e. The third-order valence-electron chi connectivity index (χ3n) is 5.31. The summed E-state index contributed by atoms with van der Waals surface area (Å²) in [7, 11) is 0. The topological polar surface area (TPSA) is 65.5 Å². The predicted octanol–water partition coefficient (Wildman–Crippen LogP) is 4.33. The Bertz CT molecular complexity index is 1060. The van der Waals surface area contributed by atoms with Crippen molar-refractivity contribution < 1.29 is 18.4 Å². The number of fused-ring (bicyclic) bond motifs is 1. The number of ether oxygens (including phenoxy) is 1. The van der Waals surface area contributed by atoms with Gasteiger partial charge in [-0.25, -0.2) is 13.8 Å². The Morgan fingerprint density at radius 1 is 1.10 bits per heavy atom. The standard InChI is InChI=1S/C22H24F2N4O2/c1-14-12-17(8-9-18(14)24)30-20-19(15-4-6-16(23)7-5-15)26-21-22(2,3)28(29-13-25)11-10-27(20)21/h4-9,12H,10-11,13,25H2,1-3H3. The first-order valence-electron chi connectivity index (χ1n) is 9.73. The highest BCUT2D eigenvalue weighted by atomic mass is 19.1. The molecule has 158 valence electrons. The van der Waals surface area contributed by atoms with Crippen LogP contribution in [0.5, 0.6) is 11.6 Å². The zero-order valence-corrected chi connectivity index (χ0v) is 17.2. The molecular weight excluding hydrogens is 390 g/mol. The van der Waals surface area contributed by atoms with Crippen molar-refractivity contribution in [1.82, 2.24) is 14.6 Å². The molecule has 1 aliphatic heterocycles. The van der Waals surface area contributed by atoms with Gasteiger partial charge in [-0.2, -0.15) is 5.06 Å². The summed E-state index contributed by atoms with van der Waals surface area (Å²) in [5.74, 6) is 1.12. The molecule has 0 aliphatic carbocycles. The number of nitrogens with two attached hydrogens (primary N) is 1. The Hall–Kier alpha value is -2.81. The molecule has 2 heterocycles. The van der Waals surface area contributed by atoms with Crippen LogP contribution in [-0.4, -0.2) is 27.9 Å². The molecule has 30 heavy (non-hydrogen) atoms. The highest BCUT2D eigenvalue weighted by Gasteiger charge is 2.40. The molecule has 0 bridgehead atoms. The summed E-state index contributed by atoms with van der Waals surface area (Å²) in [5, 5.41) is 1.80. The number of aromatic nitrogens is 2. The van der Waals surface area contributed by atoms with E-state index in [-0.39, 0.29) is 18.4 Å². The molecule has 6 nitrogen and oxygen atoms in total. The number of hydrogen-bond donors (Lipinski definition) is 1. The van der Waals surface area contributed by atoms with E-state index in [9.17, 15) is 8.78 Å². The van der Waals surface area contributed by atoms with Crippen LogP contribution in [0.15, 0.2) is 42.5 Å². The van der Waals surface area contributed by atoms with Crippen molar-refractivity contribution in [3.8, 4) is 22.9 Å². The third-order valence-corrected chi connectivity index (χ3v) is 5.31. The van der Waals surface area contributed by atoms with Gasteiger partial charge in [-0.1, -0.05) is 0 Å². The van der Waals surface area contributed by atoms with E-state index >= 15 is 0 Å². The van der Waals surface area contributed by atoms with Crippen molar-refractivity contribution in [2.24, 2.45) is 5.73 Å². The van der Waals surface area contributed by atoms with Crippen molar-refractivity contribution in [2.45, 2.75) is 32.9 Å². The minimum atomic E-state index is -0.577. The lowest BCUT2D eigenvalue weighted by Crippen LogP contribution is -2.49. The predicted molar refractivity (Wildman–Crippen MR) is 109 cm³/mol. The van der Waals surface area contributed by atoms with Gasteiger partial charge in [-0.15, -0.1) is 0 Å². The minimum absolute atomic E-state index is 0.0627. The van der Waals surface area contributed by atoms with E-state index in [2.05, 4.69) is 0 Å². The number of benzene rings is 2. The molecule has 2 N–H and O–H groups in total. The number of aryl methyl sites for hydroxylation is 1.